The number of ether oxygens (including phenoxy) is 1. The first kappa shape index (κ1) is 18.2. The van der Waals surface area contributed by atoms with Crippen LogP contribution in [0.4, 0.5) is 5.69 Å². The molecule has 0 aliphatic heterocycles. The monoisotopic (exact) mass is 351 g/mol. The van der Waals surface area contributed by atoms with Gasteiger partial charge in [-0.2, -0.15) is 0 Å². The lowest BCUT2D eigenvalue weighted by Gasteiger charge is -2.21. The predicted octanol–water partition coefficient (Wildman–Crippen LogP) is 5.34. The average molecular weight is 351 g/mol. The third-order valence-electron chi connectivity index (χ3n) is 4.87. The molecule has 1 aliphatic rings. The first-order valence-electron chi connectivity index (χ1n) is 9.25. The lowest BCUT2D eigenvalue weighted by molar-refractivity contribution is -0.144. The van der Waals surface area contributed by atoms with E-state index in [1.165, 1.54) is 44.6 Å². The minimum atomic E-state index is -0.979. The van der Waals surface area contributed by atoms with Crippen molar-refractivity contribution in [2.24, 2.45) is 4.99 Å². The van der Waals surface area contributed by atoms with Crippen LogP contribution in [-0.2, 0) is 4.79 Å². The van der Waals surface area contributed by atoms with Crippen molar-refractivity contribution in [3.63, 3.8) is 0 Å². The molecule has 3 rings (SSSR count). The zero-order chi connectivity index (χ0) is 18.4. The Bertz CT molecular complexity index is 744. The van der Waals surface area contributed by atoms with Crippen molar-refractivity contribution in [2.45, 2.75) is 51.0 Å². The van der Waals surface area contributed by atoms with Crippen LogP contribution >= 0.6 is 0 Å². The molecule has 0 saturated heterocycles. The standard InChI is InChI=1S/C22H25NO3/c1-16(22(24)25)26-21-13-7-17(8-14-21)15-23-20-11-9-19(10-12-20)18-5-3-2-4-6-18/h7-16,18H,2-6H2,1H3,(H,24,25)/t16-/m0/s1. The summed E-state index contributed by atoms with van der Waals surface area (Å²) in [5.74, 6) is 0.267. The van der Waals surface area contributed by atoms with Crippen LogP contribution in [0.5, 0.6) is 5.75 Å². The van der Waals surface area contributed by atoms with Gasteiger partial charge in [0, 0.05) is 6.21 Å². The van der Waals surface area contributed by atoms with Crippen LogP contribution in [-0.4, -0.2) is 23.4 Å². The van der Waals surface area contributed by atoms with E-state index in [1.807, 2.05) is 12.1 Å². The summed E-state index contributed by atoms with van der Waals surface area (Å²) >= 11 is 0. The van der Waals surface area contributed by atoms with E-state index in [1.54, 1.807) is 18.3 Å². The molecule has 2 aromatic rings. The second kappa shape index (κ2) is 8.65. The molecule has 0 aromatic heterocycles. The molecule has 4 heteroatoms. The Morgan fingerprint density at radius 2 is 1.73 bits per heavy atom. The lowest BCUT2D eigenvalue weighted by atomic mass is 9.84. The maximum absolute atomic E-state index is 10.8. The molecule has 26 heavy (non-hydrogen) atoms. The maximum Gasteiger partial charge on any atom is 0.344 e. The van der Waals surface area contributed by atoms with E-state index in [9.17, 15) is 4.79 Å². The third kappa shape index (κ3) is 4.94. The number of rotatable bonds is 6. The highest BCUT2D eigenvalue weighted by molar-refractivity contribution is 5.82. The molecule has 0 spiro atoms. The second-order valence-corrected chi connectivity index (χ2v) is 6.85. The number of carboxylic acids is 1. The smallest absolute Gasteiger partial charge is 0.344 e. The SMILES string of the molecule is C[C@H](Oc1ccc(C=Nc2ccc(C3CCCCC3)cc2)cc1)C(=O)O. The lowest BCUT2D eigenvalue weighted by Crippen LogP contribution is -2.22. The fraction of sp³-hybridized carbons (Fsp3) is 0.364. The van der Waals surface area contributed by atoms with Crippen molar-refractivity contribution in [3.05, 3.63) is 59.7 Å². The minimum absolute atomic E-state index is 0.536. The molecular formula is C22H25NO3. The fourth-order valence-electron chi connectivity index (χ4n) is 3.30. The van der Waals surface area contributed by atoms with Crippen LogP contribution < -0.4 is 4.74 Å². The van der Waals surface area contributed by atoms with Gasteiger partial charge < -0.3 is 9.84 Å². The zero-order valence-electron chi connectivity index (χ0n) is 15.1. The molecule has 1 atom stereocenters. The fourth-order valence-corrected chi connectivity index (χ4v) is 3.30. The zero-order valence-corrected chi connectivity index (χ0v) is 15.1. The van der Waals surface area contributed by atoms with Gasteiger partial charge in [0.25, 0.3) is 0 Å². The van der Waals surface area contributed by atoms with E-state index in [0.717, 1.165) is 11.3 Å². The molecule has 1 aliphatic carbocycles. The molecule has 0 amide bonds. The number of hydrogen-bond donors (Lipinski definition) is 1. The second-order valence-electron chi connectivity index (χ2n) is 6.85. The summed E-state index contributed by atoms with van der Waals surface area (Å²) in [6.45, 7) is 1.51. The van der Waals surface area contributed by atoms with E-state index in [4.69, 9.17) is 9.84 Å². The van der Waals surface area contributed by atoms with Crippen molar-refractivity contribution in [2.75, 3.05) is 0 Å². The summed E-state index contributed by atoms with van der Waals surface area (Å²) in [7, 11) is 0. The predicted molar refractivity (Wildman–Crippen MR) is 104 cm³/mol. The van der Waals surface area contributed by atoms with Gasteiger partial charge in [0.05, 0.1) is 5.69 Å². The van der Waals surface area contributed by atoms with Crippen LogP contribution in [0.15, 0.2) is 53.5 Å². The molecule has 1 fully saturated rings. The number of nitrogens with zero attached hydrogens (tertiary/aromatic N) is 1. The Labute approximate surface area is 154 Å². The largest absolute Gasteiger partial charge is 0.479 e. The van der Waals surface area contributed by atoms with Gasteiger partial charge >= 0.3 is 5.97 Å². The number of hydrogen-bond acceptors (Lipinski definition) is 3. The minimum Gasteiger partial charge on any atom is -0.479 e. The van der Waals surface area contributed by atoms with Gasteiger partial charge in [0.1, 0.15) is 5.75 Å². The highest BCUT2D eigenvalue weighted by Gasteiger charge is 2.15. The Morgan fingerprint density at radius 1 is 1.08 bits per heavy atom. The number of aliphatic imine (C=N–C) groups is 1. The first-order valence-corrected chi connectivity index (χ1v) is 9.25. The molecule has 0 bridgehead atoms. The number of carboxylic acid groups (broad SMARTS) is 1. The molecular weight excluding hydrogens is 326 g/mol. The van der Waals surface area contributed by atoms with Crippen molar-refractivity contribution in [1.29, 1.82) is 0 Å². The van der Waals surface area contributed by atoms with Gasteiger partial charge in [-0.3, -0.25) is 4.99 Å². The summed E-state index contributed by atoms with van der Waals surface area (Å²) in [6.07, 6.45) is 7.61. The van der Waals surface area contributed by atoms with Gasteiger partial charge in [-0.05, 0) is 73.2 Å². The Balaban J connectivity index is 1.59. The Morgan fingerprint density at radius 3 is 2.35 bits per heavy atom. The Kier molecular flexibility index (Phi) is 6.05. The quantitative estimate of drug-likeness (QED) is 0.715. The summed E-state index contributed by atoms with van der Waals surface area (Å²) in [5, 5.41) is 8.86. The van der Waals surface area contributed by atoms with E-state index in [0.29, 0.717) is 11.7 Å². The van der Waals surface area contributed by atoms with E-state index in [-0.39, 0.29) is 0 Å². The van der Waals surface area contributed by atoms with Crippen LogP contribution in [0, 0.1) is 0 Å². The molecule has 4 nitrogen and oxygen atoms in total. The van der Waals surface area contributed by atoms with Crippen molar-refractivity contribution in [1.82, 2.24) is 0 Å². The Hall–Kier alpha value is -2.62. The summed E-state index contributed by atoms with van der Waals surface area (Å²) < 4.78 is 5.32. The molecule has 0 heterocycles. The molecule has 2 aromatic carbocycles. The summed E-state index contributed by atoms with van der Waals surface area (Å²) in [6, 6.07) is 15.8. The van der Waals surface area contributed by atoms with E-state index >= 15 is 0 Å². The third-order valence-corrected chi connectivity index (χ3v) is 4.87. The van der Waals surface area contributed by atoms with Gasteiger partial charge in [0.2, 0.25) is 0 Å². The van der Waals surface area contributed by atoms with Crippen LogP contribution in [0.1, 0.15) is 56.1 Å². The van der Waals surface area contributed by atoms with E-state index < -0.39 is 12.1 Å². The normalized spacial score (nSPS) is 16.5. The van der Waals surface area contributed by atoms with E-state index in [2.05, 4.69) is 29.3 Å². The maximum atomic E-state index is 10.8. The van der Waals surface area contributed by atoms with Gasteiger partial charge in [-0.15, -0.1) is 0 Å². The van der Waals surface area contributed by atoms with Gasteiger partial charge in [-0.1, -0.05) is 31.4 Å². The molecule has 136 valence electrons. The summed E-state index contributed by atoms with van der Waals surface area (Å²) in [4.78, 5) is 15.3. The molecule has 0 radical (unpaired) electrons. The van der Waals surface area contributed by atoms with Crippen molar-refractivity contribution >= 4 is 17.9 Å². The van der Waals surface area contributed by atoms with Crippen molar-refractivity contribution < 1.29 is 14.6 Å². The highest BCUT2D eigenvalue weighted by Crippen LogP contribution is 2.33. The highest BCUT2D eigenvalue weighted by atomic mass is 16.5. The number of carbonyl (C=O) groups is 1. The molecule has 1 saturated carbocycles. The van der Waals surface area contributed by atoms with Gasteiger partial charge in [0.15, 0.2) is 6.10 Å². The first-order chi connectivity index (χ1) is 12.6. The topological polar surface area (TPSA) is 58.9 Å². The molecule has 0 unspecified atom stereocenters. The number of benzene rings is 2. The molecule has 1 N–H and O–H groups in total. The van der Waals surface area contributed by atoms with Gasteiger partial charge in [-0.25, -0.2) is 4.79 Å². The van der Waals surface area contributed by atoms with Crippen LogP contribution in [0.3, 0.4) is 0 Å². The average Bonchev–Trinajstić information content (AvgIpc) is 2.68. The van der Waals surface area contributed by atoms with Crippen LogP contribution in [0.25, 0.3) is 0 Å². The van der Waals surface area contributed by atoms with Crippen LogP contribution in [0.2, 0.25) is 0 Å². The summed E-state index contributed by atoms with van der Waals surface area (Å²) in [5.41, 5.74) is 3.30. The van der Waals surface area contributed by atoms with Crippen molar-refractivity contribution in [3.8, 4) is 5.75 Å². The number of aliphatic carboxylic acids is 1.